The van der Waals surface area contributed by atoms with Crippen LogP contribution in [0.3, 0.4) is 0 Å². The van der Waals surface area contributed by atoms with E-state index in [9.17, 15) is 42.2 Å². The molecule has 4 heterocycles. The van der Waals surface area contributed by atoms with E-state index in [4.69, 9.17) is 29.2 Å². The Bertz CT molecular complexity index is 1600. The lowest BCUT2D eigenvalue weighted by Crippen LogP contribution is -2.67. The highest BCUT2D eigenvalue weighted by molar-refractivity contribution is 5.94. The van der Waals surface area contributed by atoms with Crippen LogP contribution in [-0.2, 0) is 44.7 Å². The van der Waals surface area contributed by atoms with Crippen molar-refractivity contribution in [3.05, 3.63) is 39.3 Å². The van der Waals surface area contributed by atoms with Crippen LogP contribution in [-0.4, -0.2) is 70.0 Å². The van der Waals surface area contributed by atoms with Crippen molar-refractivity contribution in [3.8, 4) is 0 Å². The molecule has 6 fully saturated rings. The zero-order chi connectivity index (χ0) is 32.1. The summed E-state index contributed by atoms with van der Waals surface area (Å²) in [7, 11) is 0. The van der Waals surface area contributed by atoms with Gasteiger partial charge < -0.3 is 33.9 Å². The van der Waals surface area contributed by atoms with Gasteiger partial charge in [-0.1, -0.05) is 25.9 Å². The number of aliphatic hydroxyl groups excluding tert-OH is 1. The normalized spacial score (nSPS) is 44.5. The molecular formula is C27H25F4N3O10. The molecule has 4 saturated heterocycles. The summed E-state index contributed by atoms with van der Waals surface area (Å²) in [5.74, 6) is -13.4. The van der Waals surface area contributed by atoms with Crippen molar-refractivity contribution < 1.29 is 65.8 Å². The Labute approximate surface area is 244 Å². The predicted molar refractivity (Wildman–Crippen MR) is 130 cm³/mol. The summed E-state index contributed by atoms with van der Waals surface area (Å²) in [5, 5.41) is 26.9. The second-order valence-electron chi connectivity index (χ2n) is 13.2. The van der Waals surface area contributed by atoms with Crippen LogP contribution in [0.25, 0.3) is 10.4 Å². The molecule has 0 radical (unpaired) electrons. The summed E-state index contributed by atoms with van der Waals surface area (Å²) < 4.78 is 87.8. The van der Waals surface area contributed by atoms with E-state index in [0.29, 0.717) is 0 Å². The third-order valence-electron chi connectivity index (χ3n) is 10.8. The maximum atomic E-state index is 15.0. The van der Waals surface area contributed by atoms with E-state index in [0.717, 1.165) is 0 Å². The van der Waals surface area contributed by atoms with Gasteiger partial charge in [0.05, 0.1) is 28.9 Å². The van der Waals surface area contributed by atoms with E-state index in [1.54, 1.807) is 20.8 Å². The standard InChI is InChI=1S/C27H25F4N3O10/c1-7-19(36)42-17-16(35)25-10-5-9(23(2,3)4)24(25)18(20(37)43-22(24)44-27(25,21(38)41-10)26(7,17)39)40-6-8-11(28)13(30)15(33-34-32)14(31)12(8)29/h7,9-10,16-18,22,35,39H,5-6H2,1-4H3/t7-,9+,10?,16+,17+,18+,22?,24?,25+,26-,27?/m1/s1. The summed E-state index contributed by atoms with van der Waals surface area (Å²) in [6.07, 6.45) is -8.50. The van der Waals surface area contributed by atoms with Crippen LogP contribution in [0, 0.1) is 51.3 Å². The molecule has 2 N–H and O–H groups in total. The lowest BCUT2D eigenvalue weighted by molar-refractivity contribution is -0.240. The molecule has 4 unspecified atom stereocenters. The van der Waals surface area contributed by atoms with Gasteiger partial charge >= 0.3 is 17.9 Å². The molecule has 11 atom stereocenters. The first kappa shape index (κ1) is 29.2. The van der Waals surface area contributed by atoms with Crippen molar-refractivity contribution in [3.63, 3.8) is 0 Å². The highest BCUT2D eigenvalue weighted by Gasteiger charge is 3.04. The van der Waals surface area contributed by atoms with Gasteiger partial charge in [0.1, 0.15) is 17.9 Å². The largest absolute Gasteiger partial charge is 0.459 e. The van der Waals surface area contributed by atoms with Crippen molar-refractivity contribution in [1.29, 1.82) is 0 Å². The quantitative estimate of drug-likeness (QED) is 0.0955. The molecule has 13 nitrogen and oxygen atoms in total. The predicted octanol–water partition coefficient (Wildman–Crippen LogP) is 2.35. The van der Waals surface area contributed by atoms with Crippen molar-refractivity contribution in [2.45, 2.75) is 82.6 Å². The van der Waals surface area contributed by atoms with Crippen molar-refractivity contribution >= 4 is 23.6 Å². The Balaban J connectivity index is 1.43. The summed E-state index contributed by atoms with van der Waals surface area (Å²) in [5.41, 5.74) is -4.15. The maximum Gasteiger partial charge on any atom is 0.343 e. The van der Waals surface area contributed by atoms with Gasteiger partial charge in [0, 0.05) is 4.91 Å². The minimum Gasteiger partial charge on any atom is -0.459 e. The average molecular weight is 628 g/mol. The lowest BCUT2D eigenvalue weighted by atomic mass is 9.51. The molecule has 0 amide bonds. The Kier molecular flexibility index (Phi) is 5.58. The molecule has 236 valence electrons. The molecule has 1 aromatic rings. The molecular weight excluding hydrogens is 602 g/mol. The van der Waals surface area contributed by atoms with Gasteiger partial charge in [-0.3, -0.25) is 4.79 Å². The van der Waals surface area contributed by atoms with Crippen LogP contribution in [0.1, 0.15) is 39.7 Å². The number of carbonyl (C=O) groups is 3. The molecule has 6 aliphatic rings. The fraction of sp³-hybridized carbons (Fsp3) is 0.667. The number of carbonyl (C=O) groups excluding carboxylic acids is 3. The molecule has 0 aromatic heterocycles. The number of azide groups is 1. The van der Waals surface area contributed by atoms with Crippen LogP contribution in [0.15, 0.2) is 5.11 Å². The molecule has 44 heavy (non-hydrogen) atoms. The van der Waals surface area contributed by atoms with Crippen molar-refractivity contribution in [2.75, 3.05) is 0 Å². The average Bonchev–Trinajstić information content (AvgIpc) is 3.67. The number of rotatable bonds is 4. The van der Waals surface area contributed by atoms with E-state index in [1.165, 1.54) is 6.92 Å². The first-order valence-corrected chi connectivity index (χ1v) is 13.7. The summed E-state index contributed by atoms with van der Waals surface area (Å²) in [6.45, 7) is 5.30. The van der Waals surface area contributed by atoms with Crippen LogP contribution in [0.5, 0.6) is 0 Å². The van der Waals surface area contributed by atoms with Gasteiger partial charge in [-0.2, -0.15) is 0 Å². The zero-order valence-electron chi connectivity index (χ0n) is 23.5. The Morgan fingerprint density at radius 3 is 2.27 bits per heavy atom. The molecule has 2 saturated carbocycles. The smallest absolute Gasteiger partial charge is 0.343 e. The van der Waals surface area contributed by atoms with Crippen LogP contribution in [0.2, 0.25) is 0 Å². The molecule has 7 rings (SSSR count). The van der Waals surface area contributed by atoms with Crippen LogP contribution >= 0.6 is 0 Å². The van der Waals surface area contributed by atoms with Crippen LogP contribution < -0.4 is 0 Å². The summed E-state index contributed by atoms with van der Waals surface area (Å²) in [6, 6.07) is 0. The monoisotopic (exact) mass is 627 g/mol. The van der Waals surface area contributed by atoms with Gasteiger partial charge in [0.2, 0.25) is 11.9 Å². The molecule has 0 bridgehead atoms. The number of nitrogens with zero attached hydrogens (tertiary/aromatic N) is 3. The first-order chi connectivity index (χ1) is 20.5. The third kappa shape index (κ3) is 2.67. The summed E-state index contributed by atoms with van der Waals surface area (Å²) >= 11 is 0. The fourth-order valence-corrected chi connectivity index (χ4v) is 9.39. The number of aliphatic hydroxyl groups is 2. The van der Waals surface area contributed by atoms with E-state index in [1.807, 2.05) is 0 Å². The fourth-order valence-electron chi connectivity index (χ4n) is 9.39. The number of esters is 3. The summed E-state index contributed by atoms with van der Waals surface area (Å²) in [4.78, 5) is 42.2. The highest BCUT2D eigenvalue weighted by atomic mass is 19.2. The number of hydrogen-bond acceptors (Lipinski definition) is 11. The first-order valence-electron chi connectivity index (χ1n) is 13.7. The second kappa shape index (κ2) is 8.40. The molecule has 1 aromatic carbocycles. The minimum absolute atomic E-state index is 0.0254. The number of fused-ring (bicyclic) bond motifs is 1. The number of halogens is 4. The van der Waals surface area contributed by atoms with Crippen LogP contribution in [0.4, 0.5) is 23.2 Å². The Hall–Kier alpha value is -3.50. The van der Waals surface area contributed by atoms with E-state index in [-0.39, 0.29) is 6.42 Å². The molecule has 17 heteroatoms. The van der Waals surface area contributed by atoms with E-state index >= 15 is 0 Å². The molecule has 2 spiro atoms. The Morgan fingerprint density at radius 2 is 1.68 bits per heavy atom. The second-order valence-corrected chi connectivity index (χ2v) is 13.2. The zero-order valence-corrected chi connectivity index (χ0v) is 23.5. The number of hydrogen-bond donors (Lipinski definition) is 2. The molecule has 2 aliphatic carbocycles. The van der Waals surface area contributed by atoms with E-state index < -0.39 is 129 Å². The van der Waals surface area contributed by atoms with Crippen molar-refractivity contribution in [1.82, 2.24) is 0 Å². The van der Waals surface area contributed by atoms with E-state index in [2.05, 4.69) is 10.0 Å². The SMILES string of the molecule is C[C@@H]1C(=O)O[C@H]2[C@H](O)[C@@]34C5C[C@@H](C(C)(C)C)C36C(OC(=O)[C@@H]6OCc3c(F)c(F)c(N=[N+]=[N-])c(F)c3F)OC4(C(=O)O5)[C@@]12O. The number of ether oxygens (including phenoxy) is 5. The topological polar surface area (TPSA) is 187 Å². The van der Waals surface area contributed by atoms with Gasteiger partial charge in [0.15, 0.2) is 41.1 Å². The number of benzene rings is 1. The van der Waals surface area contributed by atoms with Gasteiger partial charge in [-0.25, -0.2) is 27.2 Å². The lowest BCUT2D eigenvalue weighted by Gasteiger charge is -2.48. The highest BCUT2D eigenvalue weighted by Crippen LogP contribution is 2.84. The van der Waals surface area contributed by atoms with Crippen molar-refractivity contribution in [2.24, 2.45) is 33.2 Å². The van der Waals surface area contributed by atoms with Gasteiger partial charge in [0.25, 0.3) is 0 Å². The molecule has 4 aliphatic heterocycles. The van der Waals surface area contributed by atoms with Gasteiger partial charge in [-0.05, 0) is 30.2 Å². The third-order valence-corrected chi connectivity index (χ3v) is 10.8. The maximum absolute atomic E-state index is 15.0. The minimum atomic E-state index is -2.51. The van der Waals surface area contributed by atoms with Gasteiger partial charge in [-0.15, -0.1) is 0 Å². The Morgan fingerprint density at radius 1 is 1.05 bits per heavy atom.